The molecule has 5 rings (SSSR count). The Morgan fingerprint density at radius 2 is 1.84 bits per heavy atom. The molecule has 1 aliphatic heterocycles. The highest BCUT2D eigenvalue weighted by atomic mass is 16.3. The van der Waals surface area contributed by atoms with E-state index in [9.17, 15) is 15.0 Å². The molecule has 5 fully saturated rings. The zero-order valence-corrected chi connectivity index (χ0v) is 15.7. The van der Waals surface area contributed by atoms with E-state index in [2.05, 4.69) is 18.7 Å². The van der Waals surface area contributed by atoms with Crippen molar-refractivity contribution in [3.63, 3.8) is 0 Å². The van der Waals surface area contributed by atoms with E-state index in [0.717, 1.165) is 58.0 Å². The van der Waals surface area contributed by atoms with Crippen LogP contribution in [0.2, 0.25) is 0 Å². The second kappa shape index (κ2) is 5.08. The normalized spacial score (nSPS) is 58.4. The number of hydrogen-bond acceptors (Lipinski definition) is 4. The molecule has 0 unspecified atom stereocenters. The molecule has 0 aromatic carbocycles. The Morgan fingerprint density at radius 3 is 2.56 bits per heavy atom. The molecule has 2 N–H and O–H groups in total. The van der Waals surface area contributed by atoms with Gasteiger partial charge in [0.25, 0.3) is 0 Å². The molecule has 0 aromatic heterocycles. The number of fused-ring (bicyclic) bond motifs is 5. The van der Waals surface area contributed by atoms with Crippen molar-refractivity contribution in [2.75, 3.05) is 13.1 Å². The highest BCUT2D eigenvalue weighted by Gasteiger charge is 2.68. The van der Waals surface area contributed by atoms with E-state index in [1.807, 2.05) is 0 Å². The van der Waals surface area contributed by atoms with Gasteiger partial charge in [0.1, 0.15) is 5.78 Å². The van der Waals surface area contributed by atoms with Crippen molar-refractivity contribution in [2.45, 2.75) is 83.0 Å². The number of ketones is 1. The Kier molecular flexibility index (Phi) is 3.39. The third-order valence-electron chi connectivity index (χ3n) is 9.47. The predicted molar refractivity (Wildman–Crippen MR) is 94.9 cm³/mol. The summed E-state index contributed by atoms with van der Waals surface area (Å²) in [5, 5.41) is 22.3. The van der Waals surface area contributed by atoms with Crippen LogP contribution in [0, 0.1) is 28.6 Å². The second-order valence-corrected chi connectivity index (χ2v) is 10.3. The van der Waals surface area contributed by atoms with Crippen LogP contribution in [0.25, 0.3) is 0 Å². The number of Topliss-reactive ketones (excluding diaryl/α,β-unsaturated/α-hetero) is 1. The van der Waals surface area contributed by atoms with Gasteiger partial charge in [-0.15, -0.1) is 0 Å². The van der Waals surface area contributed by atoms with Gasteiger partial charge in [0.15, 0.2) is 0 Å². The monoisotopic (exact) mass is 347 g/mol. The summed E-state index contributed by atoms with van der Waals surface area (Å²) >= 11 is 0. The lowest BCUT2D eigenvalue weighted by atomic mass is 9.42. The number of carbonyl (C=O) groups excluding carboxylic acids is 1. The van der Waals surface area contributed by atoms with Gasteiger partial charge in [-0.1, -0.05) is 13.8 Å². The average Bonchev–Trinajstić information content (AvgIpc) is 3.34. The Labute approximate surface area is 151 Å². The van der Waals surface area contributed by atoms with E-state index < -0.39 is 5.60 Å². The van der Waals surface area contributed by atoms with Crippen LogP contribution < -0.4 is 0 Å². The number of aliphatic hydroxyl groups is 2. The van der Waals surface area contributed by atoms with E-state index in [1.54, 1.807) is 0 Å². The highest BCUT2D eigenvalue weighted by Crippen LogP contribution is 2.67. The molecular weight excluding hydrogens is 314 g/mol. The summed E-state index contributed by atoms with van der Waals surface area (Å²) in [6, 6.07) is 0.173. The van der Waals surface area contributed by atoms with E-state index in [4.69, 9.17) is 0 Å². The van der Waals surface area contributed by atoms with Crippen LogP contribution in [0.5, 0.6) is 0 Å². The first kappa shape index (κ1) is 16.7. The number of nitrogens with zero attached hydrogens (tertiary/aromatic N) is 1. The molecule has 1 heterocycles. The van der Waals surface area contributed by atoms with Crippen LogP contribution in [0.4, 0.5) is 0 Å². The topological polar surface area (TPSA) is 60.5 Å². The van der Waals surface area contributed by atoms with E-state index in [0.29, 0.717) is 30.0 Å². The lowest BCUT2D eigenvalue weighted by Gasteiger charge is -2.66. The largest absolute Gasteiger partial charge is 0.393 e. The van der Waals surface area contributed by atoms with Crippen LogP contribution in [0.3, 0.4) is 0 Å². The zero-order valence-electron chi connectivity index (χ0n) is 15.7. The van der Waals surface area contributed by atoms with E-state index in [1.165, 1.54) is 0 Å². The summed E-state index contributed by atoms with van der Waals surface area (Å²) in [5.74, 6) is 2.07. The number of carbonyl (C=O) groups is 1. The van der Waals surface area contributed by atoms with E-state index >= 15 is 0 Å². The standard InChI is InChI=1S/C21H33NO3/c1-19-7-6-16-14(15(19)3-4-18(19)24)11-17(22-9-10-22)21(25)12-13(23)5-8-20(16,21)2/h13-17,23,25H,3-12H2,1-2H3/t13-,14-,15-,16-,17+,19-,20+,21+/m0/s1. The van der Waals surface area contributed by atoms with Gasteiger partial charge < -0.3 is 10.2 Å². The minimum Gasteiger partial charge on any atom is -0.393 e. The van der Waals surface area contributed by atoms with Gasteiger partial charge in [0, 0.05) is 42.8 Å². The molecular formula is C21H33NO3. The van der Waals surface area contributed by atoms with Crippen molar-refractivity contribution in [1.29, 1.82) is 0 Å². The van der Waals surface area contributed by atoms with Crippen LogP contribution in [-0.4, -0.2) is 51.7 Å². The maximum atomic E-state index is 12.6. The molecule has 5 aliphatic rings. The summed E-state index contributed by atoms with van der Waals surface area (Å²) < 4.78 is 0. The molecule has 4 saturated carbocycles. The van der Waals surface area contributed by atoms with Crippen molar-refractivity contribution in [3.05, 3.63) is 0 Å². The SMILES string of the molecule is C[C@]12CC[C@H]3[C@@H](C[C@@H](N4CC4)[C@]4(O)C[C@@H](O)CC[C@]34C)[C@@H]1CCC2=O. The minimum atomic E-state index is -0.765. The molecule has 4 nitrogen and oxygen atoms in total. The Hall–Kier alpha value is -0.450. The molecule has 25 heavy (non-hydrogen) atoms. The summed E-state index contributed by atoms with van der Waals surface area (Å²) in [6.07, 6.45) is 6.83. The average molecular weight is 347 g/mol. The van der Waals surface area contributed by atoms with Crippen molar-refractivity contribution >= 4 is 5.78 Å². The van der Waals surface area contributed by atoms with Crippen molar-refractivity contribution in [3.8, 4) is 0 Å². The highest BCUT2D eigenvalue weighted by molar-refractivity contribution is 5.87. The van der Waals surface area contributed by atoms with Crippen LogP contribution in [0.15, 0.2) is 0 Å². The van der Waals surface area contributed by atoms with Crippen LogP contribution in [0.1, 0.15) is 65.2 Å². The maximum absolute atomic E-state index is 12.6. The van der Waals surface area contributed by atoms with Crippen molar-refractivity contribution in [1.82, 2.24) is 4.90 Å². The quantitative estimate of drug-likeness (QED) is 0.715. The fourth-order valence-electron chi connectivity index (χ4n) is 7.85. The number of rotatable bonds is 1. The summed E-state index contributed by atoms with van der Waals surface area (Å²) in [7, 11) is 0. The van der Waals surface area contributed by atoms with Crippen LogP contribution in [-0.2, 0) is 4.79 Å². The third-order valence-corrected chi connectivity index (χ3v) is 9.47. The first-order valence-corrected chi connectivity index (χ1v) is 10.5. The first-order chi connectivity index (χ1) is 11.8. The number of aliphatic hydroxyl groups excluding tert-OH is 1. The first-order valence-electron chi connectivity index (χ1n) is 10.5. The predicted octanol–water partition coefficient (Wildman–Crippen LogP) is 2.37. The van der Waals surface area contributed by atoms with Crippen LogP contribution >= 0.6 is 0 Å². The fourth-order valence-corrected chi connectivity index (χ4v) is 7.85. The van der Waals surface area contributed by atoms with Crippen molar-refractivity contribution < 1.29 is 15.0 Å². The lowest BCUT2D eigenvalue weighted by Crippen LogP contribution is -2.70. The summed E-state index contributed by atoms with van der Waals surface area (Å²) in [6.45, 7) is 6.70. The molecule has 4 heteroatoms. The Balaban J connectivity index is 1.56. The summed E-state index contributed by atoms with van der Waals surface area (Å²) in [5.41, 5.74) is -0.987. The van der Waals surface area contributed by atoms with Gasteiger partial charge in [0.2, 0.25) is 0 Å². The molecule has 8 atom stereocenters. The molecule has 4 aliphatic carbocycles. The molecule has 1 saturated heterocycles. The third kappa shape index (κ3) is 2.02. The molecule has 0 amide bonds. The molecule has 0 aromatic rings. The maximum Gasteiger partial charge on any atom is 0.139 e. The van der Waals surface area contributed by atoms with Gasteiger partial charge in [0.05, 0.1) is 11.7 Å². The van der Waals surface area contributed by atoms with E-state index in [-0.39, 0.29) is 23.0 Å². The summed E-state index contributed by atoms with van der Waals surface area (Å²) in [4.78, 5) is 15.0. The lowest BCUT2D eigenvalue weighted by molar-refractivity contribution is -0.239. The Bertz CT molecular complexity index is 604. The smallest absolute Gasteiger partial charge is 0.139 e. The van der Waals surface area contributed by atoms with Gasteiger partial charge in [-0.2, -0.15) is 0 Å². The van der Waals surface area contributed by atoms with Gasteiger partial charge in [-0.25, -0.2) is 0 Å². The molecule has 0 spiro atoms. The molecule has 140 valence electrons. The zero-order chi connectivity index (χ0) is 17.6. The van der Waals surface area contributed by atoms with Gasteiger partial charge in [-0.05, 0) is 56.3 Å². The Morgan fingerprint density at radius 1 is 1.08 bits per heavy atom. The number of hydrogen-bond donors (Lipinski definition) is 2. The second-order valence-electron chi connectivity index (χ2n) is 10.3. The fraction of sp³-hybridized carbons (Fsp3) is 0.952. The molecule has 0 radical (unpaired) electrons. The van der Waals surface area contributed by atoms with Gasteiger partial charge >= 0.3 is 0 Å². The van der Waals surface area contributed by atoms with Gasteiger partial charge in [-0.3, -0.25) is 9.69 Å². The molecule has 0 bridgehead atoms. The minimum absolute atomic E-state index is 0.107. The van der Waals surface area contributed by atoms with Crippen molar-refractivity contribution in [2.24, 2.45) is 28.6 Å².